The molecule has 242 valence electrons. The van der Waals surface area contributed by atoms with Crippen molar-refractivity contribution < 1.29 is 54.4 Å². The SMILES string of the molecule is C=C(C)C[C@@H](CO)[C@@H](O)C(=O)N[C@@H](OC)[C@H]1C[C@H](O)C(C)(C)[C@H](C[C@H](O)[C@H](C)[C@H]2Cc3c(C)c(O)cc(O)c3C(=O)O2)O1. The number of hydrogen-bond donors (Lipinski definition) is 7. The molecule has 12 heteroatoms. The summed E-state index contributed by atoms with van der Waals surface area (Å²) in [6, 6.07) is 1.10. The molecule has 9 atom stereocenters. The first-order chi connectivity index (χ1) is 20.0. The van der Waals surface area contributed by atoms with E-state index in [2.05, 4.69) is 11.9 Å². The van der Waals surface area contributed by atoms with E-state index in [4.69, 9.17) is 14.2 Å². The minimum atomic E-state index is -1.53. The third-order valence-corrected chi connectivity index (χ3v) is 9.10. The van der Waals surface area contributed by atoms with Gasteiger partial charge in [0.05, 0.1) is 18.3 Å². The highest BCUT2D eigenvalue weighted by Crippen LogP contribution is 2.42. The molecule has 1 fully saturated rings. The van der Waals surface area contributed by atoms with E-state index >= 15 is 0 Å². The number of allylic oxidation sites excluding steroid dienone is 1. The Bertz CT molecular complexity index is 1180. The first-order valence-corrected chi connectivity index (χ1v) is 14.6. The highest BCUT2D eigenvalue weighted by molar-refractivity contribution is 5.96. The number of aliphatic hydroxyl groups excluding tert-OH is 4. The number of nitrogens with one attached hydrogen (secondary N) is 1. The third-order valence-electron chi connectivity index (χ3n) is 9.10. The molecule has 0 unspecified atom stereocenters. The summed E-state index contributed by atoms with van der Waals surface area (Å²) in [6.45, 7) is 12.0. The monoisotopic (exact) mass is 609 g/mol. The van der Waals surface area contributed by atoms with Gasteiger partial charge >= 0.3 is 5.97 Å². The van der Waals surface area contributed by atoms with Crippen molar-refractivity contribution in [2.45, 2.75) is 103 Å². The van der Waals surface area contributed by atoms with Gasteiger partial charge in [-0.2, -0.15) is 0 Å². The van der Waals surface area contributed by atoms with Crippen molar-refractivity contribution in [1.82, 2.24) is 5.32 Å². The van der Waals surface area contributed by atoms with Crippen molar-refractivity contribution in [3.8, 4) is 11.5 Å². The van der Waals surface area contributed by atoms with Gasteiger partial charge in [-0.1, -0.05) is 26.3 Å². The van der Waals surface area contributed by atoms with E-state index in [0.717, 1.165) is 6.07 Å². The Balaban J connectivity index is 1.73. The number of amides is 1. The van der Waals surface area contributed by atoms with Gasteiger partial charge in [-0.15, -0.1) is 6.58 Å². The average Bonchev–Trinajstić information content (AvgIpc) is 2.94. The number of esters is 1. The Morgan fingerprint density at radius 1 is 1.23 bits per heavy atom. The van der Waals surface area contributed by atoms with Crippen LogP contribution < -0.4 is 5.32 Å². The number of hydrogen-bond acceptors (Lipinski definition) is 11. The first-order valence-electron chi connectivity index (χ1n) is 14.6. The van der Waals surface area contributed by atoms with Crippen LogP contribution in [0.15, 0.2) is 18.2 Å². The Labute approximate surface area is 252 Å². The topological polar surface area (TPSA) is 195 Å². The molecule has 0 aromatic heterocycles. The van der Waals surface area contributed by atoms with Gasteiger partial charge in [-0.05, 0) is 31.4 Å². The standard InChI is InChI=1S/C31H47NO11/c1-14(2)8-17(13-33)27(38)28(39)32-29(41-7)23-12-24(37)31(5,6)25(42-23)11-20(35)16(4)22-9-18-15(3)19(34)10-21(36)26(18)30(40)43-22/h10,16-17,20,22-25,27,29,33-38H,1,8-9,11-13H2,2-7H3,(H,32,39)/t16-,17-,20-,22+,23+,24-,25-,27+,29-/m0/s1. The summed E-state index contributed by atoms with van der Waals surface area (Å²) in [5.41, 5.74) is 0.784. The van der Waals surface area contributed by atoms with E-state index in [0.29, 0.717) is 16.7 Å². The quantitative estimate of drug-likeness (QED) is 0.103. The van der Waals surface area contributed by atoms with Gasteiger partial charge in [-0.25, -0.2) is 4.79 Å². The maximum atomic E-state index is 12.8. The number of aliphatic hydroxyl groups is 4. The number of methoxy groups -OCH3 is 1. The van der Waals surface area contributed by atoms with Crippen LogP contribution in [0, 0.1) is 24.2 Å². The van der Waals surface area contributed by atoms with Crippen LogP contribution in [0.2, 0.25) is 0 Å². The summed E-state index contributed by atoms with van der Waals surface area (Å²) in [6.07, 6.45) is -6.27. The molecule has 1 saturated heterocycles. The number of phenols is 2. The van der Waals surface area contributed by atoms with Crippen molar-refractivity contribution >= 4 is 11.9 Å². The molecule has 2 aliphatic heterocycles. The van der Waals surface area contributed by atoms with Gasteiger partial charge in [0, 0.05) is 56.3 Å². The van der Waals surface area contributed by atoms with Gasteiger partial charge in [-0.3, -0.25) is 4.79 Å². The molecule has 0 spiro atoms. The van der Waals surface area contributed by atoms with Crippen molar-refractivity contribution in [2.75, 3.05) is 13.7 Å². The van der Waals surface area contributed by atoms with E-state index < -0.39 is 78.6 Å². The van der Waals surface area contributed by atoms with Crippen molar-refractivity contribution in [3.63, 3.8) is 0 Å². The number of rotatable bonds is 12. The van der Waals surface area contributed by atoms with Crippen LogP contribution in [0.5, 0.6) is 11.5 Å². The predicted octanol–water partition coefficient (Wildman–Crippen LogP) is 1.44. The molecular weight excluding hydrogens is 562 g/mol. The number of carbonyl (C=O) groups excluding carboxylic acids is 2. The fraction of sp³-hybridized carbons (Fsp3) is 0.677. The lowest BCUT2D eigenvalue weighted by Gasteiger charge is -2.48. The molecular formula is C31H47NO11. The van der Waals surface area contributed by atoms with E-state index in [9.17, 15) is 40.2 Å². The third kappa shape index (κ3) is 7.50. The normalized spacial score (nSPS) is 26.8. The summed E-state index contributed by atoms with van der Waals surface area (Å²) in [7, 11) is 1.35. The zero-order valence-electron chi connectivity index (χ0n) is 25.7. The molecule has 0 saturated carbocycles. The minimum Gasteiger partial charge on any atom is -0.508 e. The number of benzene rings is 1. The van der Waals surface area contributed by atoms with Crippen molar-refractivity contribution in [1.29, 1.82) is 0 Å². The highest BCUT2D eigenvalue weighted by atomic mass is 16.6. The highest BCUT2D eigenvalue weighted by Gasteiger charge is 2.48. The van der Waals surface area contributed by atoms with Crippen molar-refractivity contribution in [2.24, 2.45) is 17.3 Å². The van der Waals surface area contributed by atoms with Gasteiger partial charge in [0.15, 0.2) is 6.23 Å². The molecule has 2 heterocycles. The van der Waals surface area contributed by atoms with E-state index in [1.807, 2.05) is 0 Å². The van der Waals surface area contributed by atoms with Crippen LogP contribution in [0.3, 0.4) is 0 Å². The smallest absolute Gasteiger partial charge is 0.342 e. The molecule has 43 heavy (non-hydrogen) atoms. The number of cyclic esters (lactones) is 1. The number of aromatic hydroxyl groups is 2. The molecule has 0 radical (unpaired) electrons. The molecule has 1 amide bonds. The van der Waals surface area contributed by atoms with Crippen LogP contribution >= 0.6 is 0 Å². The van der Waals surface area contributed by atoms with Crippen LogP contribution in [-0.2, 0) is 25.4 Å². The lowest BCUT2D eigenvalue weighted by atomic mass is 9.73. The summed E-state index contributed by atoms with van der Waals surface area (Å²) in [5, 5.41) is 65.5. The Hall–Kier alpha value is -2.74. The lowest BCUT2D eigenvalue weighted by Crippen LogP contribution is -2.59. The Morgan fingerprint density at radius 2 is 1.88 bits per heavy atom. The largest absolute Gasteiger partial charge is 0.508 e. The molecule has 1 aromatic carbocycles. The lowest BCUT2D eigenvalue weighted by molar-refractivity contribution is -0.217. The maximum absolute atomic E-state index is 12.8. The average molecular weight is 610 g/mol. The second-order valence-electron chi connectivity index (χ2n) is 12.7. The van der Waals surface area contributed by atoms with Gasteiger partial charge in [0.2, 0.25) is 0 Å². The fourth-order valence-electron chi connectivity index (χ4n) is 5.91. The second-order valence-corrected chi connectivity index (χ2v) is 12.7. The molecule has 0 bridgehead atoms. The van der Waals surface area contributed by atoms with Crippen LogP contribution in [0.4, 0.5) is 0 Å². The fourth-order valence-corrected chi connectivity index (χ4v) is 5.91. The molecule has 2 aliphatic rings. The van der Waals surface area contributed by atoms with E-state index in [1.54, 1.807) is 34.6 Å². The van der Waals surface area contributed by atoms with Crippen molar-refractivity contribution in [3.05, 3.63) is 34.9 Å². The van der Waals surface area contributed by atoms with Gasteiger partial charge in [0.1, 0.15) is 35.4 Å². The Kier molecular flexibility index (Phi) is 11.2. The minimum absolute atomic E-state index is 0.00124. The van der Waals surface area contributed by atoms with Crippen LogP contribution in [-0.4, -0.2) is 99.1 Å². The summed E-state index contributed by atoms with van der Waals surface area (Å²) in [4.78, 5) is 25.6. The molecule has 12 nitrogen and oxygen atoms in total. The Morgan fingerprint density at radius 3 is 2.47 bits per heavy atom. The van der Waals surface area contributed by atoms with Crippen LogP contribution in [0.1, 0.15) is 68.4 Å². The second kappa shape index (κ2) is 13.9. The van der Waals surface area contributed by atoms with Gasteiger partial charge < -0.3 is 50.2 Å². The predicted molar refractivity (Wildman–Crippen MR) is 155 cm³/mol. The molecule has 1 aromatic rings. The van der Waals surface area contributed by atoms with Gasteiger partial charge in [0.25, 0.3) is 5.91 Å². The number of fused-ring (bicyclic) bond motifs is 1. The number of carbonyl (C=O) groups is 2. The summed E-state index contributed by atoms with van der Waals surface area (Å²) in [5.74, 6) is -3.38. The summed E-state index contributed by atoms with van der Waals surface area (Å²) >= 11 is 0. The van der Waals surface area contributed by atoms with Crippen LogP contribution in [0.25, 0.3) is 0 Å². The molecule has 0 aliphatic carbocycles. The van der Waals surface area contributed by atoms with E-state index in [1.165, 1.54) is 7.11 Å². The van der Waals surface area contributed by atoms with E-state index in [-0.39, 0.29) is 42.7 Å². The molecule has 7 N–H and O–H groups in total. The summed E-state index contributed by atoms with van der Waals surface area (Å²) < 4.78 is 17.4. The zero-order valence-corrected chi connectivity index (χ0v) is 25.7. The zero-order chi connectivity index (χ0) is 32.4. The molecule has 3 rings (SSSR count). The maximum Gasteiger partial charge on any atom is 0.342 e. The number of ether oxygens (including phenoxy) is 3. The number of phenolic OH excluding ortho intramolecular Hbond substituents is 2. The first kappa shape index (κ1) is 34.7.